The Morgan fingerprint density at radius 1 is 1.09 bits per heavy atom. The number of nitrogens with zero attached hydrogens (tertiary/aromatic N) is 1. The van der Waals surface area contributed by atoms with Gasteiger partial charge in [0.1, 0.15) is 17.3 Å². The monoisotopic (exact) mass is 441 g/mol. The van der Waals surface area contributed by atoms with E-state index < -0.39 is 23.5 Å². The second kappa shape index (κ2) is 10.4. The van der Waals surface area contributed by atoms with E-state index in [4.69, 9.17) is 9.47 Å². The molecule has 0 spiro atoms. The number of halogens is 1. The van der Waals surface area contributed by atoms with E-state index in [0.29, 0.717) is 36.5 Å². The van der Waals surface area contributed by atoms with E-state index in [1.165, 1.54) is 29.2 Å². The fraction of sp³-hybridized carbons (Fsp3) is 0.360. The molecule has 1 amide bonds. The zero-order valence-electron chi connectivity index (χ0n) is 18.5. The lowest BCUT2D eigenvalue weighted by atomic mass is 9.95. The highest BCUT2D eigenvalue weighted by Gasteiger charge is 2.45. The van der Waals surface area contributed by atoms with Crippen LogP contribution in [0.3, 0.4) is 0 Å². The summed E-state index contributed by atoms with van der Waals surface area (Å²) in [5.74, 6) is -1.54. The van der Waals surface area contributed by atoms with Crippen molar-refractivity contribution >= 4 is 17.4 Å². The molecular weight excluding hydrogens is 413 g/mol. The van der Waals surface area contributed by atoms with Gasteiger partial charge in [0.2, 0.25) is 0 Å². The highest BCUT2D eigenvalue weighted by molar-refractivity contribution is 6.46. The molecule has 1 unspecified atom stereocenters. The van der Waals surface area contributed by atoms with Gasteiger partial charge in [-0.15, -0.1) is 0 Å². The van der Waals surface area contributed by atoms with Gasteiger partial charge in [0.15, 0.2) is 0 Å². The SMILES string of the molecule is CCOc1ccc(/C(O)=C2/C(=O)C(=O)N(CCCOC(C)C)C2c2ccc(F)cc2)cc1. The molecule has 1 aliphatic heterocycles. The highest BCUT2D eigenvalue weighted by Crippen LogP contribution is 2.39. The summed E-state index contributed by atoms with van der Waals surface area (Å²) in [5.41, 5.74) is 0.917. The Morgan fingerprint density at radius 2 is 1.75 bits per heavy atom. The maximum absolute atomic E-state index is 13.5. The zero-order chi connectivity index (χ0) is 23.3. The summed E-state index contributed by atoms with van der Waals surface area (Å²) in [5, 5.41) is 11.0. The number of amides is 1. The summed E-state index contributed by atoms with van der Waals surface area (Å²) >= 11 is 0. The van der Waals surface area contributed by atoms with Gasteiger partial charge in [-0.05, 0) is 69.2 Å². The summed E-state index contributed by atoms with van der Waals surface area (Å²) in [6.45, 7) is 6.89. The first kappa shape index (κ1) is 23.5. The smallest absolute Gasteiger partial charge is 0.295 e. The molecule has 1 aliphatic rings. The van der Waals surface area contributed by atoms with Crippen LogP contribution in [0.2, 0.25) is 0 Å². The average Bonchev–Trinajstić information content (AvgIpc) is 3.02. The molecular formula is C25H28FNO5. The molecule has 1 N–H and O–H groups in total. The maximum atomic E-state index is 13.5. The summed E-state index contributed by atoms with van der Waals surface area (Å²) in [6, 6.07) is 11.4. The fourth-order valence-electron chi connectivity index (χ4n) is 3.69. The normalized spacial score (nSPS) is 17.9. The Morgan fingerprint density at radius 3 is 2.34 bits per heavy atom. The van der Waals surface area contributed by atoms with Crippen molar-refractivity contribution in [1.82, 2.24) is 4.90 Å². The van der Waals surface area contributed by atoms with Crippen molar-refractivity contribution in [3.8, 4) is 5.75 Å². The van der Waals surface area contributed by atoms with Crippen LogP contribution in [0.5, 0.6) is 5.75 Å². The minimum Gasteiger partial charge on any atom is -0.507 e. The summed E-state index contributed by atoms with van der Waals surface area (Å²) in [7, 11) is 0. The number of benzene rings is 2. The lowest BCUT2D eigenvalue weighted by Gasteiger charge is -2.25. The molecule has 7 heteroatoms. The van der Waals surface area contributed by atoms with Crippen molar-refractivity contribution in [2.75, 3.05) is 19.8 Å². The van der Waals surface area contributed by atoms with E-state index in [9.17, 15) is 19.1 Å². The quantitative estimate of drug-likeness (QED) is 0.269. The number of Topliss-reactive ketones (excluding diaryl/α,β-unsaturated/α-hetero) is 1. The lowest BCUT2D eigenvalue weighted by molar-refractivity contribution is -0.140. The third kappa shape index (κ3) is 5.16. The number of likely N-dealkylation sites (tertiary alicyclic amines) is 1. The van der Waals surface area contributed by atoms with Gasteiger partial charge in [-0.2, -0.15) is 0 Å². The minimum atomic E-state index is -0.818. The fourth-order valence-corrected chi connectivity index (χ4v) is 3.69. The predicted octanol–water partition coefficient (Wildman–Crippen LogP) is 4.46. The number of rotatable bonds is 9. The van der Waals surface area contributed by atoms with Gasteiger partial charge in [0.05, 0.1) is 24.3 Å². The van der Waals surface area contributed by atoms with E-state index in [2.05, 4.69) is 0 Å². The first-order valence-corrected chi connectivity index (χ1v) is 10.7. The molecule has 0 bridgehead atoms. The van der Waals surface area contributed by atoms with E-state index in [1.54, 1.807) is 24.3 Å². The first-order valence-electron chi connectivity index (χ1n) is 10.7. The van der Waals surface area contributed by atoms with Gasteiger partial charge in [0, 0.05) is 18.7 Å². The molecule has 1 atom stereocenters. The van der Waals surface area contributed by atoms with Crippen LogP contribution >= 0.6 is 0 Å². The molecule has 0 aromatic heterocycles. The molecule has 1 saturated heterocycles. The van der Waals surface area contributed by atoms with Crippen LogP contribution in [0.1, 0.15) is 44.4 Å². The van der Waals surface area contributed by atoms with Gasteiger partial charge in [-0.25, -0.2) is 4.39 Å². The predicted molar refractivity (Wildman–Crippen MR) is 119 cm³/mol. The number of aliphatic hydroxyl groups excluding tert-OH is 1. The van der Waals surface area contributed by atoms with Gasteiger partial charge in [-0.1, -0.05) is 12.1 Å². The van der Waals surface area contributed by atoms with Crippen molar-refractivity contribution in [2.24, 2.45) is 0 Å². The van der Waals surface area contributed by atoms with Crippen molar-refractivity contribution in [2.45, 2.75) is 39.3 Å². The molecule has 2 aromatic carbocycles. The van der Waals surface area contributed by atoms with Gasteiger partial charge >= 0.3 is 0 Å². The van der Waals surface area contributed by atoms with Gasteiger partial charge in [-0.3, -0.25) is 9.59 Å². The summed E-state index contributed by atoms with van der Waals surface area (Å²) < 4.78 is 24.5. The molecule has 1 heterocycles. The van der Waals surface area contributed by atoms with Crippen LogP contribution in [-0.2, 0) is 14.3 Å². The third-order valence-electron chi connectivity index (χ3n) is 5.16. The lowest BCUT2D eigenvalue weighted by Crippen LogP contribution is -2.31. The molecule has 6 nitrogen and oxygen atoms in total. The molecule has 0 saturated carbocycles. The number of ketones is 1. The topological polar surface area (TPSA) is 76.1 Å². The molecule has 0 radical (unpaired) electrons. The first-order chi connectivity index (χ1) is 15.3. The Labute approximate surface area is 187 Å². The Hall–Kier alpha value is -3.19. The Balaban J connectivity index is 1.99. The Kier molecular flexibility index (Phi) is 7.64. The van der Waals surface area contributed by atoms with E-state index in [0.717, 1.165) is 0 Å². The molecule has 3 rings (SSSR count). The zero-order valence-corrected chi connectivity index (χ0v) is 18.5. The molecule has 1 fully saturated rings. The second-order valence-electron chi connectivity index (χ2n) is 7.77. The summed E-state index contributed by atoms with van der Waals surface area (Å²) in [6.07, 6.45) is 0.574. The number of hydrogen-bond acceptors (Lipinski definition) is 5. The molecule has 170 valence electrons. The Bertz CT molecular complexity index is 982. The third-order valence-corrected chi connectivity index (χ3v) is 5.16. The molecule has 0 aliphatic carbocycles. The van der Waals surface area contributed by atoms with Crippen molar-refractivity contribution < 1.29 is 28.6 Å². The van der Waals surface area contributed by atoms with Crippen molar-refractivity contribution in [3.05, 3.63) is 71.0 Å². The number of ether oxygens (including phenoxy) is 2. The molecule has 32 heavy (non-hydrogen) atoms. The number of carbonyl (C=O) groups excluding carboxylic acids is 2. The highest BCUT2D eigenvalue weighted by atomic mass is 19.1. The number of aliphatic hydroxyl groups is 1. The summed E-state index contributed by atoms with van der Waals surface area (Å²) in [4.78, 5) is 27.2. The van der Waals surface area contributed by atoms with Crippen LogP contribution in [-0.4, -0.2) is 47.6 Å². The van der Waals surface area contributed by atoms with Crippen molar-refractivity contribution in [1.29, 1.82) is 0 Å². The van der Waals surface area contributed by atoms with E-state index >= 15 is 0 Å². The minimum absolute atomic E-state index is 0.0180. The van der Waals surface area contributed by atoms with Gasteiger partial charge in [0.25, 0.3) is 11.7 Å². The van der Waals surface area contributed by atoms with Crippen LogP contribution in [0.4, 0.5) is 4.39 Å². The second-order valence-corrected chi connectivity index (χ2v) is 7.77. The van der Waals surface area contributed by atoms with Crippen molar-refractivity contribution in [3.63, 3.8) is 0 Å². The number of carbonyl (C=O) groups is 2. The number of hydrogen-bond donors (Lipinski definition) is 1. The standard InChI is InChI=1S/C25H28FNO5/c1-4-31-20-12-8-18(9-13-20)23(28)21-22(17-6-10-19(26)11-7-17)27(25(30)24(21)29)14-5-15-32-16(2)3/h6-13,16,22,28H,4-5,14-15H2,1-3H3/b23-21-. The van der Waals surface area contributed by atoms with Crippen LogP contribution in [0.15, 0.2) is 54.1 Å². The van der Waals surface area contributed by atoms with Crippen LogP contribution in [0.25, 0.3) is 5.76 Å². The van der Waals surface area contributed by atoms with E-state index in [-0.39, 0.29) is 24.0 Å². The van der Waals surface area contributed by atoms with Crippen LogP contribution in [0, 0.1) is 5.82 Å². The van der Waals surface area contributed by atoms with Gasteiger partial charge < -0.3 is 19.5 Å². The molecule has 2 aromatic rings. The van der Waals surface area contributed by atoms with E-state index in [1.807, 2.05) is 20.8 Å². The van der Waals surface area contributed by atoms with Crippen LogP contribution < -0.4 is 4.74 Å². The average molecular weight is 441 g/mol. The maximum Gasteiger partial charge on any atom is 0.295 e. The largest absolute Gasteiger partial charge is 0.507 e.